The van der Waals surface area contributed by atoms with E-state index in [1.54, 1.807) is 0 Å². The van der Waals surface area contributed by atoms with Crippen LogP contribution in [0.25, 0.3) is 93.5 Å². The maximum Gasteiger partial charge on any atom is 0.0547 e. The second-order valence-electron chi connectivity index (χ2n) is 16.8. The summed E-state index contributed by atoms with van der Waals surface area (Å²) in [5.41, 5.74) is 17.0. The van der Waals surface area contributed by atoms with Crippen molar-refractivity contribution < 1.29 is 0 Å². The van der Waals surface area contributed by atoms with Gasteiger partial charge in [0.15, 0.2) is 0 Å². The van der Waals surface area contributed by atoms with Crippen molar-refractivity contribution >= 4 is 43.4 Å². The van der Waals surface area contributed by atoms with E-state index < -0.39 is 0 Å². The van der Waals surface area contributed by atoms with Crippen LogP contribution in [-0.2, 0) is 0 Å². The van der Waals surface area contributed by atoms with Crippen molar-refractivity contribution in [1.82, 2.24) is 4.57 Å². The van der Waals surface area contributed by atoms with E-state index in [0.717, 1.165) is 5.69 Å². The fourth-order valence-corrected chi connectivity index (χ4v) is 10.1. The Hall–Kier alpha value is -8.26. The SMILES string of the molecule is c1ccc(-c2cccc(C(c3ccc(-c4cccc(-c5cccc6ccccc56)c4)cc3)c3ccccc3-c3cccc(-n4c5ccccc5c5c6ccccc6ccc54)c3)c2)cc1. The molecule has 1 aromatic heterocycles. The highest BCUT2D eigenvalue weighted by Gasteiger charge is 2.22. The number of fused-ring (bicyclic) bond motifs is 6. The molecule has 0 saturated carbocycles. The molecule has 1 heteroatoms. The Morgan fingerprint density at radius 1 is 0.281 bits per heavy atom. The Morgan fingerprint density at radius 2 is 0.844 bits per heavy atom. The molecule has 0 spiro atoms. The molecule has 1 unspecified atom stereocenters. The molecule has 300 valence electrons. The van der Waals surface area contributed by atoms with Crippen molar-refractivity contribution in [1.29, 1.82) is 0 Å². The highest BCUT2D eigenvalue weighted by atomic mass is 15.0. The molecule has 12 rings (SSSR count). The fraction of sp³-hybridized carbons (Fsp3) is 0.0159. The molecule has 11 aromatic carbocycles. The highest BCUT2D eigenvalue weighted by Crippen LogP contribution is 2.42. The lowest BCUT2D eigenvalue weighted by molar-refractivity contribution is 0.980. The smallest absolute Gasteiger partial charge is 0.0547 e. The van der Waals surface area contributed by atoms with Gasteiger partial charge in [-0.3, -0.25) is 0 Å². The van der Waals surface area contributed by atoms with Crippen LogP contribution >= 0.6 is 0 Å². The van der Waals surface area contributed by atoms with Crippen LogP contribution in [0, 0.1) is 0 Å². The van der Waals surface area contributed by atoms with Crippen LogP contribution in [0.5, 0.6) is 0 Å². The number of hydrogen-bond donors (Lipinski definition) is 0. The van der Waals surface area contributed by atoms with E-state index in [1.807, 2.05) is 0 Å². The van der Waals surface area contributed by atoms with Gasteiger partial charge in [0, 0.05) is 22.4 Å². The lowest BCUT2D eigenvalue weighted by Crippen LogP contribution is -2.06. The molecule has 0 amide bonds. The number of rotatable bonds is 8. The van der Waals surface area contributed by atoms with Crippen LogP contribution < -0.4 is 0 Å². The molecule has 12 aromatic rings. The maximum absolute atomic E-state index is 2.44. The molecule has 0 saturated heterocycles. The first-order chi connectivity index (χ1) is 31.7. The van der Waals surface area contributed by atoms with Crippen molar-refractivity contribution in [3.8, 4) is 50.2 Å². The standard InChI is InChI=1S/C63H43N/c1-2-16-43(17-3-1)49-22-13-25-52(41-49)62(47-36-34-44(35-37-47)48-21-12-23-50(40-48)55-32-15-20-45-18-4-6-27-54(45)55)58-30-9-8-28-56(58)51-24-14-26-53(42-51)64-60-33-11-10-31-59(60)63-57-29-7-5-19-46(57)38-39-61(63)64/h1-42,62H. The molecule has 0 radical (unpaired) electrons. The summed E-state index contributed by atoms with van der Waals surface area (Å²) in [7, 11) is 0. The molecule has 64 heavy (non-hydrogen) atoms. The second-order valence-corrected chi connectivity index (χ2v) is 16.8. The third-order valence-electron chi connectivity index (χ3n) is 13.1. The minimum absolute atomic E-state index is 0.0285. The average Bonchev–Trinajstić information content (AvgIpc) is 3.72. The van der Waals surface area contributed by atoms with Gasteiger partial charge in [-0.1, -0.05) is 224 Å². The molecule has 1 nitrogen and oxygen atoms in total. The Morgan fingerprint density at radius 3 is 1.69 bits per heavy atom. The summed E-state index contributed by atoms with van der Waals surface area (Å²) in [6.07, 6.45) is 0. The molecule has 0 aliphatic carbocycles. The quantitative estimate of drug-likeness (QED) is 0.135. The van der Waals surface area contributed by atoms with E-state index in [4.69, 9.17) is 0 Å². The average molecular weight is 814 g/mol. The predicted octanol–water partition coefficient (Wildman–Crippen LogP) is 16.9. The summed E-state index contributed by atoms with van der Waals surface area (Å²) in [4.78, 5) is 0. The summed E-state index contributed by atoms with van der Waals surface area (Å²) in [5.74, 6) is -0.0285. The van der Waals surface area contributed by atoms with Gasteiger partial charge in [-0.2, -0.15) is 0 Å². The topological polar surface area (TPSA) is 4.93 Å². The number of hydrogen-bond acceptors (Lipinski definition) is 0. The van der Waals surface area contributed by atoms with Crippen LogP contribution in [-0.4, -0.2) is 4.57 Å². The van der Waals surface area contributed by atoms with Crippen molar-refractivity contribution in [2.45, 2.75) is 5.92 Å². The van der Waals surface area contributed by atoms with Gasteiger partial charge in [0.1, 0.15) is 0 Å². The van der Waals surface area contributed by atoms with Gasteiger partial charge in [-0.15, -0.1) is 0 Å². The van der Waals surface area contributed by atoms with E-state index in [9.17, 15) is 0 Å². The lowest BCUT2D eigenvalue weighted by Gasteiger charge is -2.23. The maximum atomic E-state index is 2.44. The van der Waals surface area contributed by atoms with E-state index >= 15 is 0 Å². The molecule has 0 bridgehead atoms. The number of nitrogens with zero attached hydrogens (tertiary/aromatic N) is 1. The van der Waals surface area contributed by atoms with Gasteiger partial charge >= 0.3 is 0 Å². The first-order valence-electron chi connectivity index (χ1n) is 22.2. The van der Waals surface area contributed by atoms with Crippen molar-refractivity contribution in [3.05, 3.63) is 271 Å². The van der Waals surface area contributed by atoms with Gasteiger partial charge in [0.05, 0.1) is 11.0 Å². The normalized spacial score (nSPS) is 12.0. The summed E-state index contributed by atoms with van der Waals surface area (Å²) in [5, 5.41) is 7.62. The zero-order chi connectivity index (χ0) is 42.4. The third-order valence-corrected chi connectivity index (χ3v) is 13.1. The second kappa shape index (κ2) is 15.9. The Bertz CT molecular complexity index is 3660. The Kier molecular flexibility index (Phi) is 9.31. The van der Waals surface area contributed by atoms with Crippen LogP contribution in [0.2, 0.25) is 0 Å². The summed E-state index contributed by atoms with van der Waals surface area (Å²) in [6.45, 7) is 0. The van der Waals surface area contributed by atoms with E-state index in [1.165, 1.54) is 105 Å². The van der Waals surface area contributed by atoms with E-state index in [0.29, 0.717) is 0 Å². The van der Waals surface area contributed by atoms with E-state index in [-0.39, 0.29) is 5.92 Å². The summed E-state index contributed by atoms with van der Waals surface area (Å²) in [6, 6.07) is 93.6. The highest BCUT2D eigenvalue weighted by molar-refractivity contribution is 6.21. The first-order valence-corrected chi connectivity index (χ1v) is 22.2. The fourth-order valence-electron chi connectivity index (χ4n) is 10.1. The number of para-hydroxylation sites is 1. The van der Waals surface area contributed by atoms with Crippen LogP contribution in [0.1, 0.15) is 22.6 Å². The number of aromatic nitrogens is 1. The van der Waals surface area contributed by atoms with Gasteiger partial charge in [-0.05, 0) is 113 Å². The lowest BCUT2D eigenvalue weighted by atomic mass is 9.80. The molecule has 1 atom stereocenters. The summed E-state index contributed by atoms with van der Waals surface area (Å²) >= 11 is 0. The molecule has 1 heterocycles. The minimum atomic E-state index is -0.0285. The minimum Gasteiger partial charge on any atom is -0.309 e. The van der Waals surface area contributed by atoms with Gasteiger partial charge in [0.2, 0.25) is 0 Å². The molecule has 0 N–H and O–H groups in total. The monoisotopic (exact) mass is 813 g/mol. The van der Waals surface area contributed by atoms with Gasteiger partial charge in [-0.25, -0.2) is 0 Å². The zero-order valence-electron chi connectivity index (χ0n) is 35.3. The van der Waals surface area contributed by atoms with Crippen LogP contribution in [0.15, 0.2) is 255 Å². The van der Waals surface area contributed by atoms with Crippen molar-refractivity contribution in [2.24, 2.45) is 0 Å². The first kappa shape index (κ1) is 37.5. The zero-order valence-corrected chi connectivity index (χ0v) is 35.3. The predicted molar refractivity (Wildman–Crippen MR) is 271 cm³/mol. The molecule has 0 aliphatic rings. The number of benzene rings is 11. The van der Waals surface area contributed by atoms with Gasteiger partial charge < -0.3 is 4.57 Å². The van der Waals surface area contributed by atoms with Crippen LogP contribution in [0.4, 0.5) is 0 Å². The van der Waals surface area contributed by atoms with Crippen molar-refractivity contribution in [3.63, 3.8) is 0 Å². The molecule has 0 aliphatic heterocycles. The molecular formula is C63H43N. The van der Waals surface area contributed by atoms with E-state index in [2.05, 4.69) is 259 Å². The Labute approximate surface area is 373 Å². The summed E-state index contributed by atoms with van der Waals surface area (Å²) < 4.78 is 2.44. The Balaban J connectivity index is 0.988. The van der Waals surface area contributed by atoms with Crippen molar-refractivity contribution in [2.75, 3.05) is 0 Å². The van der Waals surface area contributed by atoms with Gasteiger partial charge in [0.25, 0.3) is 0 Å². The molecular weight excluding hydrogens is 771 g/mol. The molecule has 0 fully saturated rings. The van der Waals surface area contributed by atoms with Crippen LogP contribution in [0.3, 0.4) is 0 Å². The largest absolute Gasteiger partial charge is 0.309 e. The third kappa shape index (κ3) is 6.58.